The maximum atomic E-state index is 11.8. The number of carbonyl (C=O) groups is 4. The predicted octanol–water partition coefficient (Wildman–Crippen LogP) is 12.4. The van der Waals surface area contributed by atoms with Gasteiger partial charge in [0.25, 0.3) is 0 Å². The van der Waals surface area contributed by atoms with E-state index in [-0.39, 0.29) is 36.2 Å². The Hall–Kier alpha value is -6.96. The van der Waals surface area contributed by atoms with E-state index in [1.54, 1.807) is 18.2 Å². The highest BCUT2D eigenvalue weighted by Crippen LogP contribution is 2.38. The third-order valence-electron chi connectivity index (χ3n) is 17.8. The van der Waals surface area contributed by atoms with Crippen molar-refractivity contribution in [3.05, 3.63) is 184 Å². The molecule has 0 radical (unpaired) electrons. The number of allylic oxidation sites excluding steroid dienone is 4. The molecule has 7 heterocycles. The van der Waals surface area contributed by atoms with Crippen molar-refractivity contribution < 1.29 is 62.0 Å². The average Bonchev–Trinajstić information content (AvgIpc) is 1.68. The molecule has 0 spiro atoms. The lowest BCUT2D eigenvalue weighted by Crippen LogP contribution is -2.41. The number of carboxylic acid groups (broad SMARTS) is 1. The van der Waals surface area contributed by atoms with Crippen molar-refractivity contribution in [1.29, 1.82) is 0 Å². The molecule has 0 amide bonds. The fourth-order valence-corrected chi connectivity index (χ4v) is 12.9. The molecule has 0 bridgehead atoms. The summed E-state index contributed by atoms with van der Waals surface area (Å²) in [6.07, 6.45) is 17.2. The highest BCUT2D eigenvalue weighted by molar-refractivity contribution is 9.15. The molecule has 4 saturated heterocycles. The largest absolute Gasteiger partial charge is 0.478 e. The van der Waals surface area contributed by atoms with Crippen LogP contribution in [0.3, 0.4) is 0 Å². The van der Waals surface area contributed by atoms with Crippen molar-refractivity contribution in [1.82, 2.24) is 28.4 Å². The van der Waals surface area contributed by atoms with E-state index in [9.17, 15) is 24.3 Å². The molecule has 1 aliphatic carbocycles. The van der Waals surface area contributed by atoms with Gasteiger partial charge >= 0.3 is 31.0 Å². The van der Waals surface area contributed by atoms with Crippen molar-refractivity contribution in [2.75, 3.05) is 120 Å². The number of esters is 3. The van der Waals surface area contributed by atoms with Crippen LogP contribution >= 0.6 is 31.9 Å². The van der Waals surface area contributed by atoms with Gasteiger partial charge in [-0.3, -0.25) is 14.7 Å². The van der Waals surface area contributed by atoms with Crippen LogP contribution in [0.25, 0.3) is 37.2 Å². The Kier molecular flexibility index (Phi) is 27.5. The fourth-order valence-electron chi connectivity index (χ4n) is 11.8. The first-order valence-electron chi connectivity index (χ1n) is 32.3. The Bertz CT molecular complexity index is 3820. The van der Waals surface area contributed by atoms with Gasteiger partial charge in [-0.1, -0.05) is 46.3 Å². The SMILES string of the molecule is C=CCB1OC(C)(C)C(C)(C)O1.C=CCc1cn(CCN2CCOCC2)c2ccc(C(=O)O)cc12.C=CCc1cn(CCN2CCOCC2)c2ccc(C(=O)OC)cc12.COC(=O)c1ccc2c(c1)C(Br)=CC2.COC(=O)c1ccc2c(c1)c(Br)cn2CCN1CCOCC1. The lowest BCUT2D eigenvalue weighted by molar-refractivity contribution is 0.00578. The number of halogens is 2. The number of rotatable bonds is 19. The van der Waals surface area contributed by atoms with Gasteiger partial charge in [0.2, 0.25) is 0 Å². The summed E-state index contributed by atoms with van der Waals surface area (Å²) in [5, 5.41) is 12.3. The van der Waals surface area contributed by atoms with Crippen molar-refractivity contribution in [2.45, 2.75) is 84.1 Å². The van der Waals surface area contributed by atoms with E-state index in [2.05, 4.69) is 137 Å². The summed E-state index contributed by atoms with van der Waals surface area (Å²) in [5.74, 6) is -1.80. The number of carboxylic acids is 1. The van der Waals surface area contributed by atoms with Crippen LogP contribution in [0.5, 0.6) is 0 Å². The van der Waals surface area contributed by atoms with Gasteiger partial charge in [-0.15, -0.1) is 19.7 Å². The van der Waals surface area contributed by atoms with Crippen LogP contribution in [0.4, 0.5) is 0 Å². The van der Waals surface area contributed by atoms with E-state index in [0.29, 0.717) is 22.3 Å². The average molecular weight is 1430 g/mol. The first-order valence-corrected chi connectivity index (χ1v) is 33.9. The summed E-state index contributed by atoms with van der Waals surface area (Å²) in [5.41, 5.74) is 9.66. The molecule has 4 fully saturated rings. The summed E-state index contributed by atoms with van der Waals surface area (Å²) in [4.78, 5) is 53.1. The minimum absolute atomic E-state index is 0.118. The van der Waals surface area contributed by atoms with Crippen LogP contribution < -0.4 is 0 Å². The van der Waals surface area contributed by atoms with E-state index < -0.39 is 5.97 Å². The van der Waals surface area contributed by atoms with Crippen LogP contribution in [-0.2, 0) is 76.6 Å². The number of carbonyl (C=O) groups excluding carboxylic acids is 3. The molecule has 0 unspecified atom stereocenters. The zero-order valence-electron chi connectivity index (χ0n) is 56.0. The van der Waals surface area contributed by atoms with Gasteiger partial charge in [-0.05, 0) is 152 Å². The number of hydrogen-bond acceptors (Lipinski definition) is 15. The molecule has 0 atom stereocenters. The number of aromatic carboxylic acids is 1. The first kappa shape index (κ1) is 73.8. The maximum absolute atomic E-state index is 11.8. The minimum atomic E-state index is -0.891. The lowest BCUT2D eigenvalue weighted by atomic mass is 9.85. The summed E-state index contributed by atoms with van der Waals surface area (Å²) in [6.45, 7) is 36.0. The van der Waals surface area contributed by atoms with Gasteiger partial charge in [-0.25, -0.2) is 19.2 Å². The van der Waals surface area contributed by atoms with Crippen LogP contribution in [0, 0.1) is 0 Å². The second-order valence-corrected chi connectivity index (χ2v) is 26.2. The summed E-state index contributed by atoms with van der Waals surface area (Å²) < 4.78 is 50.6. The number of methoxy groups -OCH3 is 3. The Morgan fingerprint density at radius 2 is 0.905 bits per heavy atom. The van der Waals surface area contributed by atoms with Crippen LogP contribution in [0.1, 0.15) is 91.4 Å². The molecule has 22 heteroatoms. The summed E-state index contributed by atoms with van der Waals surface area (Å²) in [7, 11) is 4.08. The van der Waals surface area contributed by atoms with E-state index in [0.717, 1.165) is 197 Å². The molecule has 1 N–H and O–H groups in total. The minimum Gasteiger partial charge on any atom is -0.478 e. The van der Waals surface area contributed by atoms with E-state index >= 15 is 0 Å². The normalized spacial score (nSPS) is 16.7. The van der Waals surface area contributed by atoms with Gasteiger partial charge in [0, 0.05) is 145 Å². The molecule has 4 aromatic carbocycles. The molecule has 0 saturated carbocycles. The Morgan fingerprint density at radius 3 is 1.32 bits per heavy atom. The Balaban J connectivity index is 0.000000155. The molecule has 19 nitrogen and oxygen atoms in total. The number of hydrogen-bond donors (Lipinski definition) is 1. The van der Waals surface area contributed by atoms with E-state index in [1.807, 2.05) is 72.8 Å². The second kappa shape index (κ2) is 35.3. The molecular weight excluding hydrogens is 1340 g/mol. The Morgan fingerprint density at radius 1 is 0.526 bits per heavy atom. The topological polar surface area (TPSA) is 187 Å². The summed E-state index contributed by atoms with van der Waals surface area (Å²) in [6, 6.07) is 22.4. The van der Waals surface area contributed by atoms with Crippen LogP contribution in [-0.4, -0.2) is 196 Å². The molecule has 3 aromatic heterocycles. The molecule has 4 aliphatic heterocycles. The van der Waals surface area contributed by atoms with Gasteiger partial charge in [0.1, 0.15) is 0 Å². The maximum Gasteiger partial charge on any atom is 0.461 e. The van der Waals surface area contributed by atoms with Crippen molar-refractivity contribution in [3.63, 3.8) is 0 Å². The van der Waals surface area contributed by atoms with Crippen molar-refractivity contribution in [3.8, 4) is 0 Å². The monoisotopic (exact) mass is 1430 g/mol. The number of benzene rings is 4. The van der Waals surface area contributed by atoms with Gasteiger partial charge < -0.3 is 56.5 Å². The number of nitrogens with zero attached hydrogens (tertiary/aromatic N) is 6. The Labute approximate surface area is 575 Å². The smallest absolute Gasteiger partial charge is 0.461 e. The number of morpholine rings is 3. The molecule has 7 aromatic rings. The number of aromatic nitrogens is 3. The second-order valence-electron chi connectivity index (χ2n) is 24.5. The lowest BCUT2D eigenvalue weighted by Gasteiger charge is -2.32. The van der Waals surface area contributed by atoms with Gasteiger partial charge in [0.05, 0.1) is 94.4 Å². The molecular formula is C73H91BBr2N6O13. The van der Waals surface area contributed by atoms with E-state index in [4.69, 9.17) is 33.0 Å². The van der Waals surface area contributed by atoms with Crippen LogP contribution in [0.2, 0.25) is 6.32 Å². The van der Waals surface area contributed by atoms with E-state index in [1.165, 1.54) is 32.5 Å². The number of ether oxygens (including phenoxy) is 6. The molecule has 95 heavy (non-hydrogen) atoms. The zero-order valence-corrected chi connectivity index (χ0v) is 59.2. The highest BCUT2D eigenvalue weighted by Gasteiger charge is 2.50. The molecule has 5 aliphatic rings. The third-order valence-corrected chi connectivity index (χ3v) is 19.2. The van der Waals surface area contributed by atoms with Gasteiger partial charge in [-0.2, -0.15) is 0 Å². The molecule has 12 rings (SSSR count). The summed E-state index contributed by atoms with van der Waals surface area (Å²) >= 11 is 7.03. The number of fused-ring (bicyclic) bond motifs is 4. The van der Waals surface area contributed by atoms with Crippen molar-refractivity contribution in [2.24, 2.45) is 0 Å². The third kappa shape index (κ3) is 19.6. The fraction of sp³-hybridized carbons (Fsp3) is 0.425. The predicted molar refractivity (Wildman–Crippen MR) is 382 cm³/mol. The zero-order chi connectivity index (χ0) is 68.2. The van der Waals surface area contributed by atoms with Crippen LogP contribution in [0.15, 0.2) is 140 Å². The first-order chi connectivity index (χ1) is 45.7. The standard InChI is InChI=1S/C19H24N2O3.C18H22N2O3.C16H19BrN2O3.C11H9BrO2.C9H17BO2/c1-3-4-16-14-21(8-7-20-9-11-24-12-10-20)18-6-5-15(13-17(16)18)19(22)23-2;1-2-3-15-13-20(7-6-19-8-10-23-11-9-19)17-5-4-14(18(21)22)12-16(15)17;1-21-16(20)12-2-3-15-13(10-12)14(17)11-19(15)5-4-18-6-8-22-9-7-18;1-14-11(13)8-3-2-7-4-5-10(12)9(7)6-8;1-6-7-10-11-8(2,3)9(4,5)12-10/h3,5-6,13-14H,1,4,7-12H2,2H3;2,4-5,12-13H,1,3,6-11H2,(H,21,22);2-3,10-11H,4-9H2,1H3;2-3,5-6H,4H2,1H3;6H,1,7H2,2-5H3. The van der Waals surface area contributed by atoms with Crippen molar-refractivity contribution >= 4 is 100 Å². The highest BCUT2D eigenvalue weighted by atomic mass is 79.9. The van der Waals surface area contributed by atoms with Gasteiger partial charge in [0.15, 0.2) is 0 Å². The molecule has 508 valence electrons. The quantitative estimate of drug-likeness (QED) is 0.0348.